The molecule has 0 radical (unpaired) electrons. The molecule has 1 saturated heterocycles. The molecular formula is C17H23FIN4OP. The summed E-state index contributed by atoms with van der Waals surface area (Å²) in [6.45, 7) is 3.71. The van der Waals surface area contributed by atoms with Crippen molar-refractivity contribution >= 4 is 37.9 Å². The lowest BCUT2D eigenvalue weighted by Crippen LogP contribution is -2.60. The van der Waals surface area contributed by atoms with Gasteiger partial charge < -0.3 is 3.07 Å². The van der Waals surface area contributed by atoms with E-state index in [9.17, 15) is 4.39 Å². The van der Waals surface area contributed by atoms with E-state index in [1.807, 2.05) is 40.5 Å². The number of hydrogen-bond donors (Lipinski definition) is 0. The quantitative estimate of drug-likeness (QED) is 0.501. The lowest BCUT2D eigenvalue weighted by atomic mass is 9.73. The molecule has 0 aromatic carbocycles. The topological polar surface area (TPSA) is 42.7 Å². The second-order valence-electron chi connectivity index (χ2n) is 7.47. The Balaban J connectivity index is 1.52. The van der Waals surface area contributed by atoms with Crippen LogP contribution >= 0.6 is 32.2 Å². The maximum atomic E-state index is 13.8. The molecule has 25 heavy (non-hydrogen) atoms. The Morgan fingerprint density at radius 2 is 2.20 bits per heavy atom. The van der Waals surface area contributed by atoms with Crippen molar-refractivity contribution in [3.05, 3.63) is 29.7 Å². The Kier molecular flexibility index (Phi) is 5.03. The Morgan fingerprint density at radius 3 is 2.92 bits per heavy atom. The second-order valence-corrected chi connectivity index (χ2v) is 9.13. The first kappa shape index (κ1) is 18.0. The van der Waals surface area contributed by atoms with Crippen LogP contribution in [0.5, 0.6) is 0 Å². The molecule has 0 bridgehead atoms. The third-order valence-electron chi connectivity index (χ3n) is 5.57. The third kappa shape index (κ3) is 3.70. The second kappa shape index (κ2) is 6.98. The van der Waals surface area contributed by atoms with E-state index in [4.69, 9.17) is 3.07 Å². The molecule has 0 amide bonds. The van der Waals surface area contributed by atoms with Gasteiger partial charge >= 0.3 is 0 Å². The maximum absolute atomic E-state index is 13.8. The molecule has 2 fully saturated rings. The van der Waals surface area contributed by atoms with Crippen molar-refractivity contribution in [1.82, 2.24) is 19.5 Å². The van der Waals surface area contributed by atoms with Crippen LogP contribution in [0.25, 0.3) is 5.65 Å². The highest BCUT2D eigenvalue weighted by Gasteiger charge is 2.45. The van der Waals surface area contributed by atoms with E-state index in [1.54, 1.807) is 0 Å². The number of rotatable bonds is 4. The summed E-state index contributed by atoms with van der Waals surface area (Å²) in [5.74, 6) is 1.68. The van der Waals surface area contributed by atoms with Gasteiger partial charge in [0.05, 0.1) is 6.61 Å². The van der Waals surface area contributed by atoms with Gasteiger partial charge in [0.15, 0.2) is 5.65 Å². The molecule has 4 rings (SSSR count). The molecule has 1 aliphatic carbocycles. The number of aryl methyl sites for hydroxylation is 1. The summed E-state index contributed by atoms with van der Waals surface area (Å²) in [6.07, 6.45) is 5.38. The Hall–Kier alpha value is -0.370. The Labute approximate surface area is 163 Å². The van der Waals surface area contributed by atoms with Crippen LogP contribution in [0.4, 0.5) is 4.39 Å². The predicted octanol–water partition coefficient (Wildman–Crippen LogP) is 3.51. The predicted molar refractivity (Wildman–Crippen MR) is 107 cm³/mol. The highest BCUT2D eigenvalue weighted by Crippen LogP contribution is 2.43. The van der Waals surface area contributed by atoms with E-state index in [1.165, 1.54) is 5.56 Å². The molecule has 4 atom stereocenters. The summed E-state index contributed by atoms with van der Waals surface area (Å²) in [5.41, 5.74) is 2.18. The van der Waals surface area contributed by atoms with Crippen molar-refractivity contribution in [2.75, 3.05) is 19.7 Å². The molecule has 136 valence electrons. The summed E-state index contributed by atoms with van der Waals surface area (Å²) >= 11 is 1.99. The minimum Gasteiger partial charge on any atom is -0.315 e. The molecule has 1 saturated carbocycles. The van der Waals surface area contributed by atoms with Gasteiger partial charge in [0.25, 0.3) is 0 Å². The van der Waals surface area contributed by atoms with Gasteiger partial charge in [0.2, 0.25) is 0 Å². The summed E-state index contributed by atoms with van der Waals surface area (Å²) in [6, 6.07) is 4.69. The lowest BCUT2D eigenvalue weighted by Gasteiger charge is -2.50. The molecule has 0 N–H and O–H groups in total. The zero-order valence-electron chi connectivity index (χ0n) is 14.2. The number of pyridine rings is 1. The highest BCUT2D eigenvalue weighted by molar-refractivity contribution is 14.1. The number of hydrogen-bond acceptors (Lipinski definition) is 4. The fraction of sp³-hybridized carbons (Fsp3) is 0.647. The zero-order valence-corrected chi connectivity index (χ0v) is 17.5. The van der Waals surface area contributed by atoms with Crippen LogP contribution in [0, 0.1) is 12.8 Å². The first-order valence-corrected chi connectivity index (χ1v) is 10.2. The fourth-order valence-electron chi connectivity index (χ4n) is 4.39. The lowest BCUT2D eigenvalue weighted by molar-refractivity contribution is -0.0205. The SMILES string of the molecule is Cc1nc2ccc(C3CCC(N4CC(F)(P)C4)CC3COI)cn2n1. The molecule has 0 spiro atoms. The summed E-state index contributed by atoms with van der Waals surface area (Å²) in [4.78, 5) is 6.69. The molecule has 8 heteroatoms. The van der Waals surface area contributed by atoms with Gasteiger partial charge in [-0.25, -0.2) is 13.9 Å². The van der Waals surface area contributed by atoms with Crippen LogP contribution in [0.3, 0.4) is 0 Å². The Bertz CT molecular complexity index is 762. The van der Waals surface area contributed by atoms with Crippen LogP contribution in [0.15, 0.2) is 18.3 Å². The van der Waals surface area contributed by atoms with Gasteiger partial charge in [0, 0.05) is 25.3 Å². The van der Waals surface area contributed by atoms with E-state index < -0.39 is 5.41 Å². The molecule has 1 aliphatic heterocycles. The number of likely N-dealkylation sites (tertiary alicyclic amines) is 1. The van der Waals surface area contributed by atoms with Crippen molar-refractivity contribution in [1.29, 1.82) is 0 Å². The molecule has 4 unspecified atom stereocenters. The van der Waals surface area contributed by atoms with E-state index in [0.717, 1.165) is 37.3 Å². The van der Waals surface area contributed by atoms with E-state index in [-0.39, 0.29) is 0 Å². The van der Waals surface area contributed by atoms with Crippen LogP contribution in [-0.2, 0) is 3.07 Å². The smallest absolute Gasteiger partial charge is 0.155 e. The highest BCUT2D eigenvalue weighted by atomic mass is 127. The van der Waals surface area contributed by atoms with Crippen LogP contribution < -0.4 is 0 Å². The molecule has 2 aliphatic rings. The fourth-order valence-corrected chi connectivity index (χ4v) is 5.32. The number of nitrogens with zero attached hydrogens (tertiary/aromatic N) is 4. The van der Waals surface area contributed by atoms with Crippen LogP contribution in [0.2, 0.25) is 0 Å². The average molecular weight is 476 g/mol. The average Bonchev–Trinajstić information content (AvgIpc) is 2.92. The van der Waals surface area contributed by atoms with E-state index in [2.05, 4.69) is 36.5 Å². The van der Waals surface area contributed by atoms with Crippen molar-refractivity contribution < 1.29 is 7.46 Å². The molecule has 2 aromatic heterocycles. The molecule has 3 heterocycles. The van der Waals surface area contributed by atoms with Gasteiger partial charge in [-0.15, -0.1) is 0 Å². The number of halogens is 2. The van der Waals surface area contributed by atoms with Gasteiger partial charge in [-0.2, -0.15) is 5.10 Å². The van der Waals surface area contributed by atoms with Crippen molar-refractivity contribution in [3.63, 3.8) is 0 Å². The first-order chi connectivity index (χ1) is 11.9. The van der Waals surface area contributed by atoms with Crippen molar-refractivity contribution in [2.24, 2.45) is 5.92 Å². The largest absolute Gasteiger partial charge is 0.315 e. The zero-order chi connectivity index (χ0) is 17.6. The van der Waals surface area contributed by atoms with Gasteiger partial charge in [0.1, 0.15) is 34.2 Å². The summed E-state index contributed by atoms with van der Waals surface area (Å²) < 4.78 is 21.2. The third-order valence-corrected chi connectivity index (χ3v) is 6.29. The number of fused-ring (bicyclic) bond motifs is 1. The first-order valence-electron chi connectivity index (χ1n) is 8.73. The number of alkyl halides is 1. The van der Waals surface area contributed by atoms with E-state index >= 15 is 0 Å². The minimum atomic E-state index is -1.08. The summed E-state index contributed by atoms with van der Waals surface area (Å²) in [7, 11) is 2.34. The maximum Gasteiger partial charge on any atom is 0.155 e. The Morgan fingerprint density at radius 1 is 1.40 bits per heavy atom. The van der Waals surface area contributed by atoms with Gasteiger partial charge in [-0.3, -0.25) is 4.90 Å². The van der Waals surface area contributed by atoms with Crippen LogP contribution in [-0.4, -0.2) is 50.6 Å². The van der Waals surface area contributed by atoms with Gasteiger partial charge in [-0.1, -0.05) is 15.3 Å². The number of aromatic nitrogens is 3. The standard InChI is InChI=1S/C17H23FIN4OP/c1-11-20-16-5-2-12(7-23(16)21-11)15-4-3-14(6-13(15)8-24-19)22-9-17(18,25)10-22/h2,5,7,13-15H,3-4,6,8-10,25H2,1H3. The van der Waals surface area contributed by atoms with Crippen LogP contribution in [0.1, 0.15) is 36.6 Å². The van der Waals surface area contributed by atoms with Gasteiger partial charge in [-0.05, 0) is 49.7 Å². The monoisotopic (exact) mass is 476 g/mol. The van der Waals surface area contributed by atoms with Crippen molar-refractivity contribution in [3.8, 4) is 0 Å². The normalized spacial score (nSPS) is 29.7. The van der Waals surface area contributed by atoms with Crippen molar-refractivity contribution in [2.45, 2.75) is 43.6 Å². The molecule has 5 nitrogen and oxygen atoms in total. The summed E-state index contributed by atoms with van der Waals surface area (Å²) in [5, 5.41) is 3.36. The van der Waals surface area contributed by atoms with E-state index in [0.29, 0.717) is 31.0 Å². The molecule has 2 aromatic rings. The molecular weight excluding hydrogens is 453 g/mol. The minimum absolute atomic E-state index is 0.442.